The van der Waals surface area contributed by atoms with Crippen LogP contribution in [-0.4, -0.2) is 30.8 Å². The third-order valence-corrected chi connectivity index (χ3v) is 9.32. The Morgan fingerprint density at radius 2 is 1.90 bits per heavy atom. The summed E-state index contributed by atoms with van der Waals surface area (Å²) in [4.78, 5) is 12.9. The van der Waals surface area contributed by atoms with Gasteiger partial charge >= 0.3 is 0 Å². The summed E-state index contributed by atoms with van der Waals surface area (Å²) in [6, 6.07) is 13.4. The van der Waals surface area contributed by atoms with Crippen molar-refractivity contribution in [1.82, 2.24) is 4.31 Å². The molecule has 0 spiro atoms. The third-order valence-electron chi connectivity index (χ3n) is 7.37. The zero-order valence-electron chi connectivity index (χ0n) is 17.1. The first-order valence-electron chi connectivity index (χ1n) is 10.3. The van der Waals surface area contributed by atoms with Crippen LogP contribution < -0.4 is 0 Å². The van der Waals surface area contributed by atoms with E-state index in [2.05, 4.69) is 13.8 Å². The second-order valence-corrected chi connectivity index (χ2v) is 11.0. The molecule has 2 atom stereocenters. The van der Waals surface area contributed by atoms with Crippen LogP contribution in [0.1, 0.15) is 44.4 Å². The fourth-order valence-electron chi connectivity index (χ4n) is 5.30. The van der Waals surface area contributed by atoms with E-state index in [9.17, 15) is 13.2 Å². The zero-order chi connectivity index (χ0) is 20.7. The van der Waals surface area contributed by atoms with Gasteiger partial charge in [0.05, 0.1) is 18.6 Å². The molecule has 2 aliphatic rings. The molecule has 4 rings (SSSR count). The molecule has 2 unspecified atom stereocenters. The minimum absolute atomic E-state index is 0.0994. The van der Waals surface area contributed by atoms with Gasteiger partial charge in [-0.1, -0.05) is 44.2 Å². The molecule has 1 aromatic carbocycles. The van der Waals surface area contributed by atoms with Gasteiger partial charge in [0.2, 0.25) is 10.0 Å². The van der Waals surface area contributed by atoms with E-state index in [0.717, 1.165) is 12.0 Å². The molecule has 2 fully saturated rings. The zero-order valence-corrected chi connectivity index (χ0v) is 18.0. The van der Waals surface area contributed by atoms with E-state index in [-0.39, 0.29) is 23.5 Å². The van der Waals surface area contributed by atoms with Gasteiger partial charge in [-0.15, -0.1) is 0 Å². The lowest BCUT2D eigenvalue weighted by Gasteiger charge is -2.37. The van der Waals surface area contributed by atoms with Gasteiger partial charge in [0, 0.05) is 18.4 Å². The maximum Gasteiger partial charge on any atom is 0.215 e. The predicted octanol–water partition coefficient (Wildman–Crippen LogP) is 4.05. The standard InChI is InChI=1S/C23H29NO4S/c1-22(2)19-10-12-23(22,21(25)15-19)17-29(26,27)24(16-20-9-6-14-28-20)13-11-18-7-4-3-5-8-18/h3-9,14,19H,10-13,15-17H2,1-2H3. The van der Waals surface area contributed by atoms with Crippen molar-refractivity contribution >= 4 is 15.8 Å². The number of rotatable bonds is 8. The smallest absolute Gasteiger partial charge is 0.215 e. The van der Waals surface area contributed by atoms with E-state index in [0.29, 0.717) is 37.5 Å². The molecule has 6 heteroatoms. The number of ketones is 1. The summed E-state index contributed by atoms with van der Waals surface area (Å²) in [5, 5.41) is 0. The van der Waals surface area contributed by atoms with Crippen molar-refractivity contribution in [1.29, 1.82) is 0 Å². The van der Waals surface area contributed by atoms with Gasteiger partial charge in [0.15, 0.2) is 0 Å². The Labute approximate surface area is 173 Å². The van der Waals surface area contributed by atoms with Crippen molar-refractivity contribution < 1.29 is 17.6 Å². The van der Waals surface area contributed by atoms with Crippen LogP contribution in [0.3, 0.4) is 0 Å². The average Bonchev–Trinajstić information content (AvgIpc) is 3.32. The van der Waals surface area contributed by atoms with Crippen molar-refractivity contribution in [3.05, 3.63) is 60.1 Å². The number of fused-ring (bicyclic) bond motifs is 2. The SMILES string of the molecule is CC1(C)C2CCC1(CS(=O)(=O)N(CCc1ccccc1)Cc1ccco1)C(=O)C2. The van der Waals surface area contributed by atoms with Gasteiger partial charge in [-0.2, -0.15) is 4.31 Å². The largest absolute Gasteiger partial charge is 0.468 e. The summed E-state index contributed by atoms with van der Waals surface area (Å²) in [5.41, 5.74) is 0.0564. The van der Waals surface area contributed by atoms with Gasteiger partial charge in [-0.05, 0) is 48.3 Å². The van der Waals surface area contributed by atoms with Crippen LogP contribution in [0.15, 0.2) is 53.1 Å². The number of benzene rings is 1. The molecule has 1 aromatic heterocycles. The Morgan fingerprint density at radius 3 is 2.48 bits per heavy atom. The highest BCUT2D eigenvalue weighted by Gasteiger charge is 2.65. The monoisotopic (exact) mass is 415 g/mol. The minimum Gasteiger partial charge on any atom is -0.468 e. The van der Waals surface area contributed by atoms with Crippen LogP contribution in [0, 0.1) is 16.7 Å². The quantitative estimate of drug-likeness (QED) is 0.652. The molecule has 2 saturated carbocycles. The Morgan fingerprint density at radius 1 is 1.14 bits per heavy atom. The van der Waals surface area contributed by atoms with Gasteiger partial charge < -0.3 is 4.42 Å². The molecule has 0 amide bonds. The Hall–Kier alpha value is -1.92. The van der Waals surface area contributed by atoms with Crippen LogP contribution in [-0.2, 0) is 27.8 Å². The molecule has 0 saturated heterocycles. The number of carbonyl (C=O) groups excluding carboxylic acids is 1. The number of hydrogen-bond donors (Lipinski definition) is 0. The van der Waals surface area contributed by atoms with Gasteiger partial charge in [-0.3, -0.25) is 4.79 Å². The van der Waals surface area contributed by atoms with E-state index in [4.69, 9.17) is 4.42 Å². The van der Waals surface area contributed by atoms with Crippen LogP contribution in [0.5, 0.6) is 0 Å². The van der Waals surface area contributed by atoms with Crippen LogP contribution in [0.2, 0.25) is 0 Å². The summed E-state index contributed by atoms with van der Waals surface area (Å²) in [6.45, 7) is 4.70. The lowest BCUT2D eigenvalue weighted by Crippen LogP contribution is -2.46. The highest BCUT2D eigenvalue weighted by Crippen LogP contribution is 2.64. The van der Waals surface area contributed by atoms with Gasteiger partial charge in [0.25, 0.3) is 0 Å². The molecule has 1 heterocycles. The van der Waals surface area contributed by atoms with E-state index in [1.807, 2.05) is 30.3 Å². The maximum atomic E-state index is 13.6. The maximum absolute atomic E-state index is 13.6. The molecule has 0 N–H and O–H groups in total. The molecular formula is C23H29NO4S. The Kier molecular flexibility index (Phi) is 5.20. The number of hydrogen-bond acceptors (Lipinski definition) is 4. The highest BCUT2D eigenvalue weighted by atomic mass is 32.2. The second-order valence-electron chi connectivity index (χ2n) is 9.07. The average molecular weight is 416 g/mol. The summed E-state index contributed by atoms with van der Waals surface area (Å²) in [7, 11) is -3.65. The molecule has 2 aromatic rings. The molecule has 29 heavy (non-hydrogen) atoms. The summed E-state index contributed by atoms with van der Waals surface area (Å²) in [5.74, 6) is 0.939. The number of Topliss-reactive ketones (excluding diaryl/α,β-unsaturated/α-hetero) is 1. The molecule has 156 valence electrons. The fourth-order valence-corrected chi connectivity index (χ4v) is 7.48. The lowest BCUT2D eigenvalue weighted by molar-refractivity contribution is -0.128. The predicted molar refractivity (Wildman–Crippen MR) is 112 cm³/mol. The fraction of sp³-hybridized carbons (Fsp3) is 0.522. The first-order valence-corrected chi connectivity index (χ1v) is 11.9. The number of nitrogens with zero attached hydrogens (tertiary/aromatic N) is 1. The number of sulfonamides is 1. The summed E-state index contributed by atoms with van der Waals surface area (Å²) >= 11 is 0. The summed E-state index contributed by atoms with van der Waals surface area (Å²) in [6.07, 6.45) is 4.31. The topological polar surface area (TPSA) is 67.6 Å². The first kappa shape index (κ1) is 20.4. The van der Waals surface area contributed by atoms with Crippen LogP contribution >= 0.6 is 0 Å². The normalized spacial score (nSPS) is 25.8. The Balaban J connectivity index is 1.59. The van der Waals surface area contributed by atoms with E-state index < -0.39 is 15.4 Å². The van der Waals surface area contributed by atoms with Crippen molar-refractivity contribution in [2.45, 2.75) is 46.1 Å². The van der Waals surface area contributed by atoms with Crippen molar-refractivity contribution in [3.63, 3.8) is 0 Å². The van der Waals surface area contributed by atoms with E-state index in [1.165, 1.54) is 4.31 Å². The number of furan rings is 1. The highest BCUT2D eigenvalue weighted by molar-refractivity contribution is 7.89. The van der Waals surface area contributed by atoms with Crippen molar-refractivity contribution in [2.24, 2.45) is 16.7 Å². The summed E-state index contributed by atoms with van der Waals surface area (Å²) < 4.78 is 34.1. The van der Waals surface area contributed by atoms with Crippen LogP contribution in [0.25, 0.3) is 0 Å². The number of carbonyl (C=O) groups is 1. The molecule has 0 radical (unpaired) electrons. The van der Waals surface area contributed by atoms with E-state index >= 15 is 0 Å². The lowest BCUT2D eigenvalue weighted by atomic mass is 9.70. The molecule has 2 aliphatic carbocycles. The molecular weight excluding hydrogens is 386 g/mol. The van der Waals surface area contributed by atoms with Crippen LogP contribution in [0.4, 0.5) is 0 Å². The molecule has 0 aliphatic heterocycles. The van der Waals surface area contributed by atoms with E-state index in [1.54, 1.807) is 18.4 Å². The van der Waals surface area contributed by atoms with Crippen molar-refractivity contribution in [2.75, 3.05) is 12.3 Å². The Bertz CT molecular complexity index is 966. The van der Waals surface area contributed by atoms with Gasteiger partial charge in [0.1, 0.15) is 11.5 Å². The minimum atomic E-state index is -3.65. The van der Waals surface area contributed by atoms with Crippen molar-refractivity contribution in [3.8, 4) is 0 Å². The second kappa shape index (κ2) is 7.40. The molecule has 2 bridgehead atoms. The van der Waals surface area contributed by atoms with Gasteiger partial charge in [-0.25, -0.2) is 8.42 Å². The third kappa shape index (κ3) is 3.57. The first-order chi connectivity index (χ1) is 13.7. The molecule has 5 nitrogen and oxygen atoms in total.